The van der Waals surface area contributed by atoms with Gasteiger partial charge in [0.2, 0.25) is 5.88 Å². The van der Waals surface area contributed by atoms with E-state index in [1.165, 1.54) is 6.21 Å². The maximum Gasteiger partial charge on any atom is 0.237 e. The molecule has 0 amide bonds. The van der Waals surface area contributed by atoms with Gasteiger partial charge >= 0.3 is 0 Å². The lowest BCUT2D eigenvalue weighted by Gasteiger charge is -1.99. The molecule has 1 aromatic heterocycles. The highest BCUT2D eigenvalue weighted by Crippen LogP contribution is 2.28. The summed E-state index contributed by atoms with van der Waals surface area (Å²) in [6, 6.07) is 7.32. The molecule has 1 aromatic carbocycles. The van der Waals surface area contributed by atoms with Crippen molar-refractivity contribution < 1.29 is 9.52 Å². The van der Waals surface area contributed by atoms with Crippen molar-refractivity contribution in [2.75, 3.05) is 0 Å². The highest BCUT2D eigenvalue weighted by atomic mass is 16.4. The first kappa shape index (κ1) is 12.9. The molecule has 0 spiro atoms. The van der Waals surface area contributed by atoms with Crippen molar-refractivity contribution in [3.8, 4) is 11.8 Å². The number of furan rings is 1. The molecule has 1 N–H and O–H groups in total. The molecule has 1 heterocycles. The smallest absolute Gasteiger partial charge is 0.237 e. The number of aryl methyl sites for hydroxylation is 2. The zero-order valence-corrected chi connectivity index (χ0v) is 11.1. The molecule has 0 saturated heterocycles. The molecule has 0 atom stereocenters. The summed E-state index contributed by atoms with van der Waals surface area (Å²) in [6.45, 7) is 5.54. The van der Waals surface area contributed by atoms with E-state index in [9.17, 15) is 5.11 Å². The average molecular weight is 254 g/mol. The van der Waals surface area contributed by atoms with Crippen molar-refractivity contribution >= 4 is 12.1 Å². The van der Waals surface area contributed by atoms with E-state index in [1.807, 2.05) is 26.0 Å². The average Bonchev–Trinajstić information content (AvgIpc) is 2.66. The van der Waals surface area contributed by atoms with E-state index in [1.54, 1.807) is 13.0 Å². The van der Waals surface area contributed by atoms with Gasteiger partial charge < -0.3 is 9.52 Å². The van der Waals surface area contributed by atoms with Crippen LogP contribution in [0.5, 0.6) is 5.75 Å². The van der Waals surface area contributed by atoms with E-state index < -0.39 is 0 Å². The van der Waals surface area contributed by atoms with Crippen LogP contribution in [-0.2, 0) is 0 Å². The molecule has 0 saturated carbocycles. The maximum atomic E-state index is 9.71. The van der Waals surface area contributed by atoms with Crippen molar-refractivity contribution in [2.24, 2.45) is 4.99 Å². The Labute approximate surface area is 111 Å². The molecule has 19 heavy (non-hydrogen) atoms. The minimum absolute atomic E-state index is 0.146. The molecule has 4 heteroatoms. The first-order valence-corrected chi connectivity index (χ1v) is 5.86. The molecular weight excluding hydrogens is 240 g/mol. The number of aliphatic imine (C=N–C) groups is 1. The Morgan fingerprint density at radius 2 is 2.05 bits per heavy atom. The Morgan fingerprint density at radius 3 is 2.74 bits per heavy atom. The van der Waals surface area contributed by atoms with Gasteiger partial charge in [-0.3, -0.25) is 0 Å². The third kappa shape index (κ3) is 2.50. The van der Waals surface area contributed by atoms with E-state index in [-0.39, 0.29) is 11.6 Å². The minimum atomic E-state index is 0.146. The summed E-state index contributed by atoms with van der Waals surface area (Å²) in [4.78, 5) is 4.16. The number of nitriles is 1. The summed E-state index contributed by atoms with van der Waals surface area (Å²) in [5, 5.41) is 18.8. The van der Waals surface area contributed by atoms with Crippen LogP contribution in [0.25, 0.3) is 0 Å². The summed E-state index contributed by atoms with van der Waals surface area (Å²) in [5.41, 5.74) is 2.84. The van der Waals surface area contributed by atoms with E-state index in [0.717, 1.165) is 11.1 Å². The van der Waals surface area contributed by atoms with Crippen LogP contribution >= 0.6 is 0 Å². The molecule has 4 nitrogen and oxygen atoms in total. The van der Waals surface area contributed by atoms with Gasteiger partial charge in [0.05, 0.1) is 0 Å². The SMILES string of the molecule is Cc1ccc(O)c(C=Nc2oc(C)c(C)c2C#N)c1. The van der Waals surface area contributed by atoms with Crippen molar-refractivity contribution in [3.63, 3.8) is 0 Å². The van der Waals surface area contributed by atoms with E-state index in [2.05, 4.69) is 11.1 Å². The summed E-state index contributed by atoms with van der Waals surface area (Å²) >= 11 is 0. The second-order valence-corrected chi connectivity index (χ2v) is 4.40. The summed E-state index contributed by atoms with van der Waals surface area (Å²) < 4.78 is 5.43. The van der Waals surface area contributed by atoms with Gasteiger partial charge in [0.15, 0.2) is 0 Å². The molecule has 0 aliphatic heterocycles. The zero-order valence-electron chi connectivity index (χ0n) is 11.1. The molecule has 0 radical (unpaired) electrons. The number of phenolic OH excluding ortho intramolecular Hbond substituents is 1. The van der Waals surface area contributed by atoms with Gasteiger partial charge in [-0.15, -0.1) is 0 Å². The largest absolute Gasteiger partial charge is 0.507 e. The maximum absolute atomic E-state index is 9.71. The third-order valence-electron chi connectivity index (χ3n) is 2.98. The fourth-order valence-corrected chi connectivity index (χ4v) is 1.74. The van der Waals surface area contributed by atoms with Crippen LogP contribution in [0, 0.1) is 32.1 Å². The van der Waals surface area contributed by atoms with E-state index in [4.69, 9.17) is 9.68 Å². The number of phenols is 1. The van der Waals surface area contributed by atoms with Crippen LogP contribution in [0.1, 0.15) is 28.0 Å². The molecular formula is C15H14N2O2. The predicted octanol–water partition coefficient (Wildman–Crippen LogP) is 3.53. The number of hydrogen-bond acceptors (Lipinski definition) is 4. The number of hydrogen-bond donors (Lipinski definition) is 1. The van der Waals surface area contributed by atoms with Crippen LogP contribution < -0.4 is 0 Å². The van der Waals surface area contributed by atoms with Crippen molar-refractivity contribution in [1.29, 1.82) is 5.26 Å². The highest BCUT2D eigenvalue weighted by molar-refractivity contribution is 5.85. The number of rotatable bonds is 2. The molecule has 96 valence electrons. The molecule has 0 fully saturated rings. The Kier molecular flexibility index (Phi) is 3.39. The van der Waals surface area contributed by atoms with Crippen molar-refractivity contribution in [2.45, 2.75) is 20.8 Å². The number of benzene rings is 1. The Balaban J connectivity index is 2.41. The first-order chi connectivity index (χ1) is 9.02. The van der Waals surface area contributed by atoms with Crippen LogP contribution in [0.2, 0.25) is 0 Å². The van der Waals surface area contributed by atoms with Gasteiger partial charge in [0.1, 0.15) is 23.1 Å². The Bertz CT molecular complexity index is 691. The second-order valence-electron chi connectivity index (χ2n) is 4.40. The molecule has 2 rings (SSSR count). The Hall–Kier alpha value is -2.54. The molecule has 0 bridgehead atoms. The number of aromatic hydroxyl groups is 1. The molecule has 2 aromatic rings. The predicted molar refractivity (Wildman–Crippen MR) is 73.0 cm³/mol. The zero-order chi connectivity index (χ0) is 14.0. The first-order valence-electron chi connectivity index (χ1n) is 5.86. The monoisotopic (exact) mass is 254 g/mol. The van der Waals surface area contributed by atoms with E-state index in [0.29, 0.717) is 16.9 Å². The minimum Gasteiger partial charge on any atom is -0.507 e. The highest BCUT2D eigenvalue weighted by Gasteiger charge is 2.13. The van der Waals surface area contributed by atoms with Gasteiger partial charge in [-0.1, -0.05) is 11.6 Å². The van der Waals surface area contributed by atoms with Crippen LogP contribution in [0.4, 0.5) is 5.88 Å². The Morgan fingerprint density at radius 1 is 1.32 bits per heavy atom. The van der Waals surface area contributed by atoms with Gasteiger partial charge in [0.25, 0.3) is 0 Å². The van der Waals surface area contributed by atoms with Gasteiger partial charge in [-0.2, -0.15) is 5.26 Å². The summed E-state index contributed by atoms with van der Waals surface area (Å²) in [7, 11) is 0. The van der Waals surface area contributed by atoms with E-state index >= 15 is 0 Å². The third-order valence-corrected chi connectivity index (χ3v) is 2.98. The molecule has 0 aliphatic rings. The fourth-order valence-electron chi connectivity index (χ4n) is 1.74. The van der Waals surface area contributed by atoms with Crippen LogP contribution in [-0.4, -0.2) is 11.3 Å². The number of nitrogens with zero attached hydrogens (tertiary/aromatic N) is 2. The molecule has 0 aliphatic carbocycles. The fraction of sp³-hybridized carbons (Fsp3) is 0.200. The lowest BCUT2D eigenvalue weighted by molar-refractivity contribution is 0.474. The van der Waals surface area contributed by atoms with Crippen LogP contribution in [0.3, 0.4) is 0 Å². The topological polar surface area (TPSA) is 69.5 Å². The lowest BCUT2D eigenvalue weighted by atomic mass is 10.1. The standard InChI is InChI=1S/C15H14N2O2/c1-9-4-5-14(18)12(6-9)8-17-15-13(7-16)10(2)11(3)19-15/h4-6,8,18H,1-3H3. The van der Waals surface area contributed by atoms with Crippen LogP contribution in [0.15, 0.2) is 27.6 Å². The normalized spacial score (nSPS) is 10.8. The van der Waals surface area contributed by atoms with Crippen molar-refractivity contribution in [1.82, 2.24) is 0 Å². The quantitative estimate of drug-likeness (QED) is 0.833. The van der Waals surface area contributed by atoms with Gasteiger partial charge in [-0.25, -0.2) is 4.99 Å². The summed E-state index contributed by atoms with van der Waals surface area (Å²) in [6.07, 6.45) is 1.50. The lowest BCUT2D eigenvalue weighted by Crippen LogP contribution is -1.84. The van der Waals surface area contributed by atoms with Gasteiger partial charge in [-0.05, 0) is 32.9 Å². The second kappa shape index (κ2) is 4.99. The summed E-state index contributed by atoms with van der Waals surface area (Å²) in [5.74, 6) is 1.10. The van der Waals surface area contributed by atoms with Crippen molar-refractivity contribution in [3.05, 3.63) is 46.2 Å². The van der Waals surface area contributed by atoms with Gasteiger partial charge in [0, 0.05) is 17.3 Å². The molecule has 0 unspecified atom stereocenters.